The molecule has 0 aliphatic carbocycles. The van der Waals surface area contributed by atoms with Crippen molar-refractivity contribution in [3.63, 3.8) is 0 Å². The first-order valence-corrected chi connectivity index (χ1v) is 9.99. The zero-order valence-corrected chi connectivity index (χ0v) is 16.0. The molecule has 6 aromatic rings. The van der Waals surface area contributed by atoms with Gasteiger partial charge in [0.2, 0.25) is 0 Å². The van der Waals surface area contributed by atoms with Crippen LogP contribution in [0.25, 0.3) is 54.0 Å². The first kappa shape index (κ1) is 16.2. The van der Waals surface area contributed by atoms with E-state index in [0.717, 1.165) is 48.6 Å². The fourth-order valence-electron chi connectivity index (χ4n) is 3.62. The highest BCUT2D eigenvalue weighted by Gasteiger charge is 2.13. The summed E-state index contributed by atoms with van der Waals surface area (Å²) in [5.41, 5.74) is 4.52. The first-order valence-electron chi connectivity index (χ1n) is 9.18. The molecule has 4 aromatic heterocycles. The molecule has 0 spiro atoms. The van der Waals surface area contributed by atoms with Crippen LogP contribution in [0.5, 0.6) is 0 Å². The van der Waals surface area contributed by atoms with Crippen molar-refractivity contribution in [3.8, 4) is 22.0 Å². The summed E-state index contributed by atoms with van der Waals surface area (Å²) in [5, 5.41) is 4.21. The summed E-state index contributed by atoms with van der Waals surface area (Å²) in [7, 11) is 0. The number of hydrogen-bond donors (Lipinski definition) is 0. The van der Waals surface area contributed by atoms with E-state index in [4.69, 9.17) is 4.98 Å². The smallest absolute Gasteiger partial charge is 0.144 e. The van der Waals surface area contributed by atoms with Gasteiger partial charge in [-0.25, -0.2) is 19.9 Å². The maximum atomic E-state index is 4.69. The van der Waals surface area contributed by atoms with E-state index in [2.05, 4.69) is 38.1 Å². The predicted molar refractivity (Wildman–Crippen MR) is 117 cm³/mol. The van der Waals surface area contributed by atoms with Gasteiger partial charge in [-0.3, -0.25) is 4.98 Å². The van der Waals surface area contributed by atoms with Crippen molar-refractivity contribution in [3.05, 3.63) is 79.4 Å². The van der Waals surface area contributed by atoms with Crippen molar-refractivity contribution in [2.45, 2.75) is 0 Å². The molecule has 2 aromatic carbocycles. The van der Waals surface area contributed by atoms with Gasteiger partial charge in [-0.1, -0.05) is 41.7 Å². The lowest BCUT2D eigenvalue weighted by Gasteiger charge is -2.09. The highest BCUT2D eigenvalue weighted by atomic mass is 32.1. The Hall–Kier alpha value is -3.77. The van der Waals surface area contributed by atoms with Crippen LogP contribution in [0.15, 0.2) is 79.4 Å². The molecule has 0 amide bonds. The fourth-order valence-corrected chi connectivity index (χ4v) is 4.50. The van der Waals surface area contributed by atoms with Crippen LogP contribution in [0.2, 0.25) is 0 Å². The molecule has 29 heavy (non-hydrogen) atoms. The van der Waals surface area contributed by atoms with E-state index in [0.29, 0.717) is 0 Å². The van der Waals surface area contributed by atoms with Gasteiger partial charge in [0.05, 0.1) is 16.9 Å². The molecule has 0 aliphatic rings. The number of thiazole rings is 1. The van der Waals surface area contributed by atoms with Gasteiger partial charge in [-0.05, 0) is 41.1 Å². The van der Waals surface area contributed by atoms with Crippen molar-refractivity contribution in [1.29, 1.82) is 0 Å². The monoisotopic (exact) mass is 391 g/mol. The van der Waals surface area contributed by atoms with Crippen molar-refractivity contribution in [1.82, 2.24) is 24.9 Å². The second-order valence-corrected chi connectivity index (χ2v) is 7.66. The molecule has 5 nitrogen and oxygen atoms in total. The molecule has 0 unspecified atom stereocenters. The van der Waals surface area contributed by atoms with Gasteiger partial charge in [-0.15, -0.1) is 0 Å². The van der Waals surface area contributed by atoms with Crippen LogP contribution in [0.1, 0.15) is 0 Å². The molecule has 0 atom stereocenters. The minimum atomic E-state index is 0.817. The van der Waals surface area contributed by atoms with Gasteiger partial charge in [-0.2, -0.15) is 0 Å². The van der Waals surface area contributed by atoms with Crippen LogP contribution < -0.4 is 0 Å². The molecule has 136 valence electrons. The molecule has 0 fully saturated rings. The van der Waals surface area contributed by atoms with Gasteiger partial charge >= 0.3 is 0 Å². The lowest BCUT2D eigenvalue weighted by molar-refractivity contribution is 1.22. The number of benzene rings is 2. The number of nitrogens with zero attached hydrogens (tertiary/aromatic N) is 5. The third-order valence-electron chi connectivity index (χ3n) is 4.95. The van der Waals surface area contributed by atoms with Crippen molar-refractivity contribution in [2.75, 3.05) is 0 Å². The lowest BCUT2D eigenvalue weighted by atomic mass is 10.0. The average molecular weight is 391 g/mol. The van der Waals surface area contributed by atoms with Gasteiger partial charge in [0, 0.05) is 23.3 Å². The topological polar surface area (TPSA) is 64.5 Å². The van der Waals surface area contributed by atoms with E-state index in [1.54, 1.807) is 23.9 Å². The number of hydrogen-bond acceptors (Lipinski definition) is 6. The molecule has 0 saturated carbocycles. The Morgan fingerprint density at radius 3 is 2.66 bits per heavy atom. The van der Waals surface area contributed by atoms with Gasteiger partial charge in [0.1, 0.15) is 21.7 Å². The Morgan fingerprint density at radius 1 is 0.724 bits per heavy atom. The van der Waals surface area contributed by atoms with Gasteiger partial charge in [0.25, 0.3) is 0 Å². The van der Waals surface area contributed by atoms with Crippen LogP contribution in [0.3, 0.4) is 0 Å². The van der Waals surface area contributed by atoms with Gasteiger partial charge < -0.3 is 0 Å². The molecule has 0 radical (unpaired) electrons. The van der Waals surface area contributed by atoms with Crippen LogP contribution in [0.4, 0.5) is 0 Å². The van der Waals surface area contributed by atoms with E-state index in [9.17, 15) is 0 Å². The Bertz CT molecular complexity index is 1490. The molecule has 6 heteroatoms. The second-order valence-electron chi connectivity index (χ2n) is 6.68. The molecule has 6 rings (SSSR count). The fraction of sp³-hybridized carbons (Fsp3) is 0. The summed E-state index contributed by atoms with van der Waals surface area (Å²) >= 11 is 1.54. The zero-order chi connectivity index (χ0) is 19.2. The first-order chi connectivity index (χ1) is 14.4. The highest BCUT2D eigenvalue weighted by Crippen LogP contribution is 2.34. The van der Waals surface area contributed by atoms with E-state index in [1.165, 1.54) is 5.39 Å². The molecule has 0 N–H and O–H groups in total. The standard InChI is InChI=1S/C23H13N5S/c1-2-5-16-14(4-1)7-8-17-20(16)21(27-13-26-17)15-9-11-24-19(12-15)23-28-18-6-3-10-25-22(18)29-23/h1-13H. The van der Waals surface area contributed by atoms with Crippen molar-refractivity contribution < 1.29 is 0 Å². The lowest BCUT2D eigenvalue weighted by Crippen LogP contribution is -1.92. The van der Waals surface area contributed by atoms with E-state index in [-0.39, 0.29) is 0 Å². The summed E-state index contributed by atoms with van der Waals surface area (Å²) in [6.07, 6.45) is 5.21. The predicted octanol–water partition coefficient (Wildman–Crippen LogP) is 5.52. The van der Waals surface area contributed by atoms with Crippen LogP contribution in [-0.4, -0.2) is 24.9 Å². The Labute approximate surface area is 169 Å². The molecular weight excluding hydrogens is 378 g/mol. The van der Waals surface area contributed by atoms with Crippen LogP contribution in [0, 0.1) is 0 Å². The minimum absolute atomic E-state index is 0.817. The van der Waals surface area contributed by atoms with E-state index in [1.807, 2.05) is 48.7 Å². The number of pyridine rings is 2. The largest absolute Gasteiger partial charge is 0.254 e. The number of rotatable bonds is 2. The molecule has 0 bridgehead atoms. The Balaban J connectivity index is 1.59. The maximum absolute atomic E-state index is 4.69. The molecule has 0 aliphatic heterocycles. The Kier molecular flexibility index (Phi) is 3.57. The normalized spacial score (nSPS) is 11.4. The summed E-state index contributed by atoms with van der Waals surface area (Å²) in [5.74, 6) is 0. The quantitative estimate of drug-likeness (QED) is 0.364. The zero-order valence-electron chi connectivity index (χ0n) is 15.1. The summed E-state index contributed by atoms with van der Waals surface area (Å²) < 4.78 is 0. The Morgan fingerprint density at radius 2 is 1.69 bits per heavy atom. The summed E-state index contributed by atoms with van der Waals surface area (Å²) in [6, 6.07) is 20.4. The molecular formula is C23H13N5S. The third kappa shape index (κ3) is 2.65. The summed E-state index contributed by atoms with van der Waals surface area (Å²) in [6.45, 7) is 0. The van der Waals surface area contributed by atoms with Crippen LogP contribution in [-0.2, 0) is 0 Å². The highest BCUT2D eigenvalue weighted by molar-refractivity contribution is 7.21. The van der Waals surface area contributed by atoms with Crippen molar-refractivity contribution in [2.24, 2.45) is 0 Å². The number of fused-ring (bicyclic) bond motifs is 4. The molecule has 0 saturated heterocycles. The van der Waals surface area contributed by atoms with Gasteiger partial charge in [0.15, 0.2) is 0 Å². The van der Waals surface area contributed by atoms with Crippen LogP contribution >= 0.6 is 11.3 Å². The number of aromatic nitrogens is 5. The third-order valence-corrected chi connectivity index (χ3v) is 5.95. The van der Waals surface area contributed by atoms with E-state index < -0.39 is 0 Å². The minimum Gasteiger partial charge on any atom is -0.254 e. The van der Waals surface area contributed by atoms with Crippen molar-refractivity contribution >= 4 is 43.4 Å². The second kappa shape index (κ2) is 6.39. The van der Waals surface area contributed by atoms with E-state index >= 15 is 0 Å². The SMILES string of the molecule is c1ccc2c(c1)ccc1ncnc(-c3ccnc(-c4nc5cccnc5s4)c3)c12. The summed E-state index contributed by atoms with van der Waals surface area (Å²) in [4.78, 5) is 23.7. The average Bonchev–Trinajstić information content (AvgIpc) is 3.23. The maximum Gasteiger partial charge on any atom is 0.144 e. The molecule has 4 heterocycles.